The summed E-state index contributed by atoms with van der Waals surface area (Å²) in [5, 5.41) is 0. The van der Waals surface area contributed by atoms with E-state index in [1.54, 1.807) is 49.1 Å². The van der Waals surface area contributed by atoms with Crippen molar-refractivity contribution in [3.05, 3.63) is 60.2 Å². The van der Waals surface area contributed by atoms with Crippen LogP contribution >= 0.6 is 27.0 Å². The molecule has 2 fully saturated rings. The summed E-state index contributed by atoms with van der Waals surface area (Å²) < 4.78 is 37.1. The molecule has 0 bridgehead atoms. The van der Waals surface area contributed by atoms with Gasteiger partial charge in [-0.15, -0.1) is 0 Å². The Morgan fingerprint density at radius 3 is 1.39 bits per heavy atom. The Balaban J connectivity index is 0.000000267. The normalized spacial score (nSPS) is 27.4. The van der Waals surface area contributed by atoms with Crippen molar-refractivity contribution in [2.75, 3.05) is 26.2 Å². The number of carbonyl (C=O) groups excluding carboxylic acids is 2. The van der Waals surface area contributed by atoms with Gasteiger partial charge in [-0.25, -0.2) is 18.8 Å². The van der Waals surface area contributed by atoms with Crippen molar-refractivity contribution in [3.63, 3.8) is 0 Å². The molecule has 0 N–H and O–H groups in total. The smallest absolute Gasteiger partial charge is 0.251 e. The van der Waals surface area contributed by atoms with Crippen LogP contribution in [0.2, 0.25) is 0 Å². The quantitative estimate of drug-likeness (QED) is 0.527. The molecule has 4 aliphatic heterocycles. The second-order valence-corrected chi connectivity index (χ2v) is 9.41. The fourth-order valence-corrected chi connectivity index (χ4v) is 4.86. The average molecular weight is 611 g/mol. The number of alkyl halides is 2. The topological polar surface area (TPSA) is 110 Å². The van der Waals surface area contributed by atoms with E-state index in [4.69, 9.17) is 9.47 Å². The number of hydrogen-bond donors (Lipinski definition) is 0. The monoisotopic (exact) mass is 610 g/mol. The Labute approximate surface area is 252 Å². The molecule has 0 aliphatic carbocycles. The lowest BCUT2D eigenvalue weighted by atomic mass is 10.0. The van der Waals surface area contributed by atoms with E-state index in [9.17, 15) is 18.4 Å². The second-order valence-electron chi connectivity index (χ2n) is 9.41. The lowest BCUT2D eigenvalue weighted by Crippen LogP contribution is -2.39. The molecular formula is C27H36F2N6O4S2. The third-order valence-electron chi connectivity index (χ3n) is 6.89. The Bertz CT molecular complexity index is 1090. The highest BCUT2D eigenvalue weighted by molar-refractivity contribution is 7.59. The molecule has 0 radical (unpaired) electrons. The summed E-state index contributed by atoms with van der Waals surface area (Å²) in [6.45, 7) is 1.23. The van der Waals surface area contributed by atoms with Crippen LogP contribution in [0.15, 0.2) is 59.0 Å². The number of likely N-dealkylation sites (tertiary alicyclic amines) is 2. The molecule has 6 rings (SSSR count). The maximum Gasteiger partial charge on any atom is 0.251 e. The van der Waals surface area contributed by atoms with E-state index in [1.165, 1.54) is 22.6 Å². The van der Waals surface area contributed by atoms with Crippen LogP contribution in [0.25, 0.3) is 0 Å². The maximum atomic E-state index is 13.2. The largest absolute Gasteiger partial charge is 0.473 e. The zero-order valence-electron chi connectivity index (χ0n) is 21.6. The van der Waals surface area contributed by atoms with Gasteiger partial charge in [-0.05, 0) is 48.2 Å². The highest BCUT2D eigenvalue weighted by Gasteiger charge is 2.40. The number of amides is 2. The molecule has 0 aromatic carbocycles. The van der Waals surface area contributed by atoms with Gasteiger partial charge in [0.05, 0.1) is 13.1 Å². The van der Waals surface area contributed by atoms with Gasteiger partial charge in [-0.1, -0.05) is 7.43 Å². The summed E-state index contributed by atoms with van der Waals surface area (Å²) >= 11 is 0. The summed E-state index contributed by atoms with van der Waals surface area (Å²) in [7, 11) is 0. The Morgan fingerprint density at radius 1 is 0.707 bits per heavy atom. The average Bonchev–Trinajstić information content (AvgIpc) is 3.77. The first-order valence-electron chi connectivity index (χ1n) is 12.5. The van der Waals surface area contributed by atoms with Crippen LogP contribution in [-0.2, 0) is 19.1 Å². The first-order chi connectivity index (χ1) is 18.5. The van der Waals surface area contributed by atoms with E-state index in [1.807, 2.05) is 0 Å². The highest BCUT2D eigenvalue weighted by atomic mass is 32.1. The molecule has 224 valence electrons. The summed E-state index contributed by atoms with van der Waals surface area (Å²) in [6.07, 6.45) is 7.28. The molecule has 41 heavy (non-hydrogen) atoms. The SMILES string of the molecule is C.O=C([C@@H]1N=CO[C@H]1c1ccncc1)N1CC[C@@H](F)C1.O=C([C@H]1N=CO[C@@H]1c1ccncc1)N1CC[C@@H](F)C1.S.S. The van der Waals surface area contributed by atoms with Crippen molar-refractivity contribution in [1.29, 1.82) is 0 Å². The molecule has 2 saturated heterocycles. The van der Waals surface area contributed by atoms with Gasteiger partial charge < -0.3 is 19.3 Å². The first-order valence-corrected chi connectivity index (χ1v) is 12.5. The third kappa shape index (κ3) is 7.94. The van der Waals surface area contributed by atoms with E-state index in [0.717, 1.165) is 11.1 Å². The van der Waals surface area contributed by atoms with Crippen molar-refractivity contribution >= 4 is 51.6 Å². The van der Waals surface area contributed by atoms with E-state index in [2.05, 4.69) is 20.0 Å². The molecular weight excluding hydrogens is 574 g/mol. The molecule has 2 aromatic rings. The molecule has 2 aromatic heterocycles. The molecule has 0 spiro atoms. The van der Waals surface area contributed by atoms with Crippen molar-refractivity contribution in [2.45, 2.75) is 56.9 Å². The van der Waals surface area contributed by atoms with Gasteiger partial charge in [-0.2, -0.15) is 27.0 Å². The van der Waals surface area contributed by atoms with Crippen LogP contribution in [0.3, 0.4) is 0 Å². The van der Waals surface area contributed by atoms with Crippen LogP contribution in [0.5, 0.6) is 0 Å². The minimum absolute atomic E-state index is 0. The Hall–Kier alpha value is -3.26. The number of aromatic nitrogens is 2. The lowest BCUT2D eigenvalue weighted by Gasteiger charge is -2.22. The van der Waals surface area contributed by atoms with E-state index in [0.29, 0.717) is 25.9 Å². The summed E-state index contributed by atoms with van der Waals surface area (Å²) in [5.74, 6) is -0.341. The van der Waals surface area contributed by atoms with Crippen molar-refractivity contribution < 1.29 is 27.8 Å². The molecule has 6 heterocycles. The number of nitrogens with zero attached hydrogens (tertiary/aromatic N) is 6. The molecule has 14 heteroatoms. The van der Waals surface area contributed by atoms with E-state index in [-0.39, 0.29) is 59.3 Å². The van der Waals surface area contributed by atoms with Crippen LogP contribution in [0.1, 0.15) is 43.6 Å². The molecule has 6 atom stereocenters. The van der Waals surface area contributed by atoms with Crippen molar-refractivity contribution in [1.82, 2.24) is 19.8 Å². The van der Waals surface area contributed by atoms with Gasteiger partial charge in [0.25, 0.3) is 11.8 Å². The predicted molar refractivity (Wildman–Crippen MR) is 160 cm³/mol. The summed E-state index contributed by atoms with van der Waals surface area (Å²) in [4.78, 5) is 43.7. The highest BCUT2D eigenvalue weighted by Crippen LogP contribution is 2.30. The zero-order valence-corrected chi connectivity index (χ0v) is 23.6. The van der Waals surface area contributed by atoms with Crippen LogP contribution in [-0.4, -0.2) is 95.0 Å². The molecule has 0 saturated carbocycles. The number of aliphatic imine (C=N–C) groups is 2. The summed E-state index contributed by atoms with van der Waals surface area (Å²) in [6, 6.07) is 5.94. The second kappa shape index (κ2) is 15.7. The van der Waals surface area contributed by atoms with Gasteiger partial charge in [-0.3, -0.25) is 19.6 Å². The van der Waals surface area contributed by atoms with Gasteiger partial charge >= 0.3 is 0 Å². The standard InChI is InChI=1S/2C13H14FN3O2.CH4.2H2S/c2*14-10-3-6-17(7-10)13(18)11-12(19-8-16-11)9-1-4-15-5-2-9;;;/h2*1-2,4-5,8,10-12H,3,6-7H2;1H4;2*1H2/t10-,11+,12-;10-,11-,12+;;;/m11.../s1. The minimum atomic E-state index is -0.922. The molecule has 2 amide bonds. The van der Waals surface area contributed by atoms with E-state index >= 15 is 0 Å². The molecule has 4 aliphatic rings. The molecule has 10 nitrogen and oxygen atoms in total. The fourth-order valence-electron chi connectivity index (χ4n) is 4.86. The first kappa shape index (κ1) is 33.9. The number of carbonyl (C=O) groups is 2. The number of pyridine rings is 2. The molecule has 0 unspecified atom stereocenters. The van der Waals surface area contributed by atoms with Crippen LogP contribution in [0, 0.1) is 0 Å². The van der Waals surface area contributed by atoms with Gasteiger partial charge in [0, 0.05) is 37.9 Å². The fraction of sp³-hybridized carbons (Fsp3) is 0.481. The third-order valence-corrected chi connectivity index (χ3v) is 6.89. The van der Waals surface area contributed by atoms with Crippen molar-refractivity contribution in [3.8, 4) is 0 Å². The predicted octanol–water partition coefficient (Wildman–Crippen LogP) is 3.10. The minimum Gasteiger partial charge on any atom is -0.473 e. The zero-order chi connectivity index (χ0) is 26.5. The maximum absolute atomic E-state index is 13.2. The van der Waals surface area contributed by atoms with Crippen LogP contribution in [0.4, 0.5) is 8.78 Å². The number of rotatable bonds is 4. The Kier molecular flexibility index (Phi) is 13.0. The van der Waals surface area contributed by atoms with E-state index < -0.39 is 36.6 Å². The van der Waals surface area contributed by atoms with Crippen LogP contribution < -0.4 is 0 Å². The number of hydrogen-bond acceptors (Lipinski definition) is 8. The van der Waals surface area contributed by atoms with Gasteiger partial charge in [0.1, 0.15) is 12.3 Å². The van der Waals surface area contributed by atoms with Crippen molar-refractivity contribution in [2.24, 2.45) is 9.98 Å². The van der Waals surface area contributed by atoms with Gasteiger partial charge in [0.2, 0.25) is 0 Å². The number of ether oxygens (including phenoxy) is 2. The number of halogens is 2. The summed E-state index contributed by atoms with van der Waals surface area (Å²) in [5.41, 5.74) is 1.70. The Morgan fingerprint density at radius 2 is 1.07 bits per heavy atom. The lowest BCUT2D eigenvalue weighted by molar-refractivity contribution is -0.134. The van der Waals surface area contributed by atoms with Gasteiger partial charge in [0.15, 0.2) is 37.1 Å².